The van der Waals surface area contributed by atoms with Gasteiger partial charge in [0.15, 0.2) is 0 Å². The average Bonchev–Trinajstić information content (AvgIpc) is 2.85. The van der Waals surface area contributed by atoms with Gasteiger partial charge in [-0.3, -0.25) is 4.68 Å². The molecule has 3 heterocycles. The Morgan fingerprint density at radius 1 is 1.35 bits per heavy atom. The summed E-state index contributed by atoms with van der Waals surface area (Å²) >= 11 is 0. The molecule has 3 rings (SSSR count). The fraction of sp³-hybridized carbons (Fsp3) is 0.812. The van der Waals surface area contributed by atoms with Crippen molar-refractivity contribution >= 4 is 0 Å². The van der Waals surface area contributed by atoms with E-state index in [1.54, 1.807) is 0 Å². The molecule has 2 aliphatic rings. The number of nitrogens with zero attached hydrogens (tertiary/aromatic N) is 3. The predicted molar refractivity (Wildman–Crippen MR) is 79.6 cm³/mol. The molecule has 2 fully saturated rings. The van der Waals surface area contributed by atoms with E-state index in [9.17, 15) is 5.11 Å². The molecular formula is C16H27N3O. The summed E-state index contributed by atoms with van der Waals surface area (Å²) in [7, 11) is 2.25. The van der Waals surface area contributed by atoms with Gasteiger partial charge in [0.05, 0.1) is 11.8 Å². The SMILES string of the molecule is CCn1nc(C)cc1CC(O)C1CC2CCC(C1)N2C. The van der Waals surface area contributed by atoms with E-state index in [0.717, 1.165) is 31.5 Å². The monoisotopic (exact) mass is 277 g/mol. The molecule has 1 aromatic heterocycles. The van der Waals surface area contributed by atoms with Crippen LogP contribution in [-0.2, 0) is 13.0 Å². The maximum Gasteiger partial charge on any atom is 0.0624 e. The van der Waals surface area contributed by atoms with Crippen LogP contribution >= 0.6 is 0 Å². The molecule has 1 aromatic rings. The highest BCUT2D eigenvalue weighted by Crippen LogP contribution is 2.39. The van der Waals surface area contributed by atoms with Gasteiger partial charge in [0.1, 0.15) is 0 Å². The normalized spacial score (nSPS) is 31.7. The third kappa shape index (κ3) is 2.51. The van der Waals surface area contributed by atoms with Crippen molar-refractivity contribution < 1.29 is 5.11 Å². The minimum absolute atomic E-state index is 0.215. The fourth-order valence-electron chi connectivity index (χ4n) is 4.19. The van der Waals surface area contributed by atoms with Crippen molar-refractivity contribution in [2.45, 2.75) is 70.7 Å². The molecule has 0 saturated carbocycles. The molecule has 2 aliphatic heterocycles. The number of piperidine rings is 1. The minimum atomic E-state index is -0.215. The maximum atomic E-state index is 10.6. The Morgan fingerprint density at radius 3 is 2.60 bits per heavy atom. The summed E-state index contributed by atoms with van der Waals surface area (Å²) in [6, 6.07) is 3.52. The van der Waals surface area contributed by atoms with Crippen LogP contribution in [0.5, 0.6) is 0 Å². The zero-order valence-corrected chi connectivity index (χ0v) is 12.9. The van der Waals surface area contributed by atoms with Crippen LogP contribution in [0.4, 0.5) is 0 Å². The molecule has 0 amide bonds. The van der Waals surface area contributed by atoms with Crippen LogP contribution in [0.1, 0.15) is 44.0 Å². The number of hydrogen-bond donors (Lipinski definition) is 1. The molecule has 4 nitrogen and oxygen atoms in total. The van der Waals surface area contributed by atoms with Gasteiger partial charge in [-0.25, -0.2) is 0 Å². The van der Waals surface area contributed by atoms with Crippen molar-refractivity contribution in [2.24, 2.45) is 5.92 Å². The first-order valence-electron chi connectivity index (χ1n) is 8.01. The van der Waals surface area contributed by atoms with Crippen molar-refractivity contribution in [3.8, 4) is 0 Å². The van der Waals surface area contributed by atoms with E-state index in [2.05, 4.69) is 30.0 Å². The maximum absolute atomic E-state index is 10.6. The van der Waals surface area contributed by atoms with E-state index in [1.807, 2.05) is 11.6 Å². The lowest BCUT2D eigenvalue weighted by Crippen LogP contribution is -2.43. The highest BCUT2D eigenvalue weighted by Gasteiger charge is 2.40. The van der Waals surface area contributed by atoms with Gasteiger partial charge in [0.25, 0.3) is 0 Å². The van der Waals surface area contributed by atoms with Crippen molar-refractivity contribution in [1.82, 2.24) is 14.7 Å². The highest BCUT2D eigenvalue weighted by molar-refractivity contribution is 5.10. The summed E-state index contributed by atoms with van der Waals surface area (Å²) in [5, 5.41) is 15.1. The van der Waals surface area contributed by atoms with E-state index in [0.29, 0.717) is 18.0 Å². The summed E-state index contributed by atoms with van der Waals surface area (Å²) in [4.78, 5) is 2.53. The first-order valence-corrected chi connectivity index (χ1v) is 8.01. The van der Waals surface area contributed by atoms with E-state index in [-0.39, 0.29) is 6.10 Å². The number of aromatic nitrogens is 2. The Balaban J connectivity index is 1.66. The van der Waals surface area contributed by atoms with Gasteiger partial charge in [0.2, 0.25) is 0 Å². The minimum Gasteiger partial charge on any atom is -0.392 e. The number of aliphatic hydroxyl groups excluding tert-OH is 1. The van der Waals surface area contributed by atoms with Crippen molar-refractivity contribution in [3.05, 3.63) is 17.5 Å². The molecule has 2 bridgehead atoms. The smallest absolute Gasteiger partial charge is 0.0624 e. The lowest BCUT2D eigenvalue weighted by molar-refractivity contribution is 0.0357. The topological polar surface area (TPSA) is 41.3 Å². The highest BCUT2D eigenvalue weighted by atomic mass is 16.3. The van der Waals surface area contributed by atoms with Crippen LogP contribution in [0.25, 0.3) is 0 Å². The van der Waals surface area contributed by atoms with Gasteiger partial charge in [-0.1, -0.05) is 0 Å². The average molecular weight is 277 g/mol. The van der Waals surface area contributed by atoms with E-state index >= 15 is 0 Å². The zero-order valence-electron chi connectivity index (χ0n) is 12.9. The Bertz CT molecular complexity index is 456. The number of rotatable bonds is 4. The molecule has 4 heteroatoms. The quantitative estimate of drug-likeness (QED) is 0.915. The molecule has 112 valence electrons. The molecule has 0 spiro atoms. The van der Waals surface area contributed by atoms with Crippen LogP contribution in [-0.4, -0.2) is 45.0 Å². The lowest BCUT2D eigenvalue weighted by atomic mass is 9.85. The second-order valence-corrected chi connectivity index (χ2v) is 6.65. The van der Waals surface area contributed by atoms with Crippen LogP contribution in [0, 0.1) is 12.8 Å². The zero-order chi connectivity index (χ0) is 14.3. The van der Waals surface area contributed by atoms with E-state index < -0.39 is 0 Å². The molecule has 0 aliphatic carbocycles. The molecule has 3 unspecified atom stereocenters. The number of hydrogen-bond acceptors (Lipinski definition) is 3. The van der Waals surface area contributed by atoms with Crippen molar-refractivity contribution in [1.29, 1.82) is 0 Å². The number of aryl methyl sites for hydroxylation is 2. The molecule has 0 radical (unpaired) electrons. The molecule has 20 heavy (non-hydrogen) atoms. The Labute approximate surface area is 121 Å². The third-order valence-corrected chi connectivity index (χ3v) is 5.38. The Morgan fingerprint density at radius 2 is 2.00 bits per heavy atom. The third-order valence-electron chi connectivity index (χ3n) is 5.38. The molecular weight excluding hydrogens is 250 g/mol. The van der Waals surface area contributed by atoms with Gasteiger partial charge < -0.3 is 10.0 Å². The van der Waals surface area contributed by atoms with Gasteiger partial charge in [-0.05, 0) is 58.6 Å². The predicted octanol–water partition coefficient (Wildman–Crippen LogP) is 1.99. The second kappa shape index (κ2) is 5.49. The van der Waals surface area contributed by atoms with Crippen molar-refractivity contribution in [3.63, 3.8) is 0 Å². The van der Waals surface area contributed by atoms with E-state index in [4.69, 9.17) is 0 Å². The van der Waals surface area contributed by atoms with Gasteiger partial charge >= 0.3 is 0 Å². The number of fused-ring (bicyclic) bond motifs is 2. The van der Waals surface area contributed by atoms with Crippen LogP contribution < -0.4 is 0 Å². The van der Waals surface area contributed by atoms with E-state index in [1.165, 1.54) is 18.5 Å². The second-order valence-electron chi connectivity index (χ2n) is 6.65. The fourth-order valence-corrected chi connectivity index (χ4v) is 4.19. The lowest BCUT2D eigenvalue weighted by Gasteiger charge is -2.38. The summed E-state index contributed by atoms with van der Waals surface area (Å²) in [5.41, 5.74) is 2.24. The summed E-state index contributed by atoms with van der Waals surface area (Å²) < 4.78 is 2.03. The van der Waals surface area contributed by atoms with Gasteiger partial charge in [-0.15, -0.1) is 0 Å². The van der Waals surface area contributed by atoms with Gasteiger partial charge in [-0.2, -0.15) is 5.10 Å². The molecule has 1 N–H and O–H groups in total. The standard InChI is InChI=1S/C16H27N3O/c1-4-19-15(7-11(2)17-19)10-16(20)12-8-13-5-6-14(9-12)18(13)3/h7,12-14,16,20H,4-6,8-10H2,1-3H3. The Kier molecular flexibility index (Phi) is 3.87. The molecule has 0 aromatic carbocycles. The number of aliphatic hydroxyl groups is 1. The molecule has 3 atom stereocenters. The van der Waals surface area contributed by atoms with Gasteiger partial charge in [0, 0.05) is 30.7 Å². The first kappa shape index (κ1) is 14.1. The summed E-state index contributed by atoms with van der Waals surface area (Å²) in [5.74, 6) is 0.462. The summed E-state index contributed by atoms with van der Waals surface area (Å²) in [6.07, 6.45) is 5.49. The van der Waals surface area contributed by atoms with Crippen LogP contribution in [0.2, 0.25) is 0 Å². The first-order chi connectivity index (χ1) is 9.58. The molecule has 2 saturated heterocycles. The Hall–Kier alpha value is -0.870. The largest absolute Gasteiger partial charge is 0.392 e. The van der Waals surface area contributed by atoms with Crippen LogP contribution in [0.15, 0.2) is 6.07 Å². The van der Waals surface area contributed by atoms with Crippen LogP contribution in [0.3, 0.4) is 0 Å². The summed E-state index contributed by atoms with van der Waals surface area (Å²) in [6.45, 7) is 5.02. The van der Waals surface area contributed by atoms with Crippen molar-refractivity contribution in [2.75, 3.05) is 7.05 Å².